The number of hydrogen-bond acceptors (Lipinski definition) is 4. The summed E-state index contributed by atoms with van der Waals surface area (Å²) in [7, 11) is -9.74. The second-order valence-electron chi connectivity index (χ2n) is 2.38. The van der Waals surface area contributed by atoms with Crippen LogP contribution in [0.1, 0.15) is 13.8 Å². The van der Waals surface area contributed by atoms with Gasteiger partial charge in [0, 0.05) is 0 Å². The summed E-state index contributed by atoms with van der Waals surface area (Å²) in [6, 6.07) is 0. The van der Waals surface area contributed by atoms with E-state index >= 15 is 0 Å². The molecule has 0 aromatic heterocycles. The van der Waals surface area contributed by atoms with Gasteiger partial charge in [-0.3, -0.25) is 4.52 Å². The molecule has 2 unspecified atom stereocenters. The molecular formula is C5H12O7P2. The monoisotopic (exact) mass is 246 g/mol. The molecule has 0 spiro atoms. The number of hydrogen-bond donors (Lipinski definition) is 3. The summed E-state index contributed by atoms with van der Waals surface area (Å²) in [6.45, 7) is 3.08. The van der Waals surface area contributed by atoms with E-state index in [1.54, 1.807) is 13.0 Å². The van der Waals surface area contributed by atoms with Gasteiger partial charge < -0.3 is 14.7 Å². The fraction of sp³-hybridized carbons (Fsp3) is 0.600. The van der Waals surface area contributed by atoms with Crippen molar-refractivity contribution in [3.05, 3.63) is 12.2 Å². The Hall–Kier alpha value is -0.0000000000000000416. The van der Waals surface area contributed by atoms with Gasteiger partial charge in [-0.1, -0.05) is 12.2 Å². The fourth-order valence-corrected chi connectivity index (χ4v) is 2.39. The highest BCUT2D eigenvalue weighted by Gasteiger charge is 2.33. The quantitative estimate of drug-likeness (QED) is 0.492. The van der Waals surface area contributed by atoms with Crippen LogP contribution in [0.2, 0.25) is 0 Å². The molecule has 0 saturated carbocycles. The van der Waals surface area contributed by atoms with Crippen LogP contribution in [0.5, 0.6) is 0 Å². The van der Waals surface area contributed by atoms with Gasteiger partial charge in [0.05, 0.1) is 6.10 Å². The smallest absolute Gasteiger partial charge is 0.302 e. The first-order valence-electron chi connectivity index (χ1n) is 3.57. The van der Waals surface area contributed by atoms with Crippen molar-refractivity contribution in [3.8, 4) is 0 Å². The van der Waals surface area contributed by atoms with E-state index in [-0.39, 0.29) is 0 Å². The van der Waals surface area contributed by atoms with Crippen LogP contribution in [0, 0.1) is 0 Å². The maximum absolute atomic E-state index is 10.9. The summed E-state index contributed by atoms with van der Waals surface area (Å²) in [5.74, 6) is 0. The van der Waals surface area contributed by atoms with Gasteiger partial charge in [-0.05, 0) is 13.8 Å². The van der Waals surface area contributed by atoms with Crippen molar-refractivity contribution in [2.75, 3.05) is 0 Å². The lowest BCUT2D eigenvalue weighted by atomic mass is 10.4. The molecule has 0 aliphatic heterocycles. The number of phosphoric ester groups is 1. The molecule has 0 aliphatic carbocycles. The van der Waals surface area contributed by atoms with Crippen molar-refractivity contribution in [1.82, 2.24) is 0 Å². The average molecular weight is 246 g/mol. The minimum absolute atomic E-state index is 0.776. The minimum Gasteiger partial charge on any atom is -0.302 e. The summed E-state index contributed by atoms with van der Waals surface area (Å²) >= 11 is 0. The molecule has 0 amide bonds. The fourth-order valence-electron chi connectivity index (χ4n) is 0.670. The SMILES string of the molecule is CC=CC(C)OP(=O)(O)OP(=O)(O)O. The predicted octanol–water partition coefficient (Wildman–Crippen LogP) is 1.18. The van der Waals surface area contributed by atoms with E-state index in [1.807, 2.05) is 0 Å². The third kappa shape index (κ3) is 7.41. The zero-order chi connectivity index (χ0) is 11.4. The van der Waals surface area contributed by atoms with Gasteiger partial charge in [0.2, 0.25) is 0 Å². The van der Waals surface area contributed by atoms with E-state index in [0.717, 1.165) is 0 Å². The Bertz CT molecular complexity index is 292. The summed E-state index contributed by atoms with van der Waals surface area (Å²) in [6.07, 6.45) is 2.20. The molecule has 7 nitrogen and oxygen atoms in total. The van der Waals surface area contributed by atoms with Crippen LogP contribution in [0.3, 0.4) is 0 Å². The van der Waals surface area contributed by atoms with Crippen LogP contribution in [0.15, 0.2) is 12.2 Å². The molecular weight excluding hydrogens is 234 g/mol. The molecule has 0 aromatic carbocycles. The van der Waals surface area contributed by atoms with Gasteiger partial charge >= 0.3 is 15.6 Å². The van der Waals surface area contributed by atoms with Crippen molar-refractivity contribution in [2.24, 2.45) is 0 Å². The molecule has 84 valence electrons. The first kappa shape index (κ1) is 14.0. The van der Waals surface area contributed by atoms with Crippen LogP contribution in [-0.4, -0.2) is 20.8 Å². The van der Waals surface area contributed by atoms with Crippen molar-refractivity contribution in [1.29, 1.82) is 0 Å². The van der Waals surface area contributed by atoms with Crippen LogP contribution in [0.25, 0.3) is 0 Å². The zero-order valence-electron chi connectivity index (χ0n) is 7.60. The second kappa shape index (κ2) is 5.19. The summed E-state index contributed by atoms with van der Waals surface area (Å²) in [5.41, 5.74) is 0. The van der Waals surface area contributed by atoms with E-state index in [4.69, 9.17) is 14.7 Å². The van der Waals surface area contributed by atoms with Gasteiger partial charge in [0.15, 0.2) is 0 Å². The lowest BCUT2D eigenvalue weighted by Crippen LogP contribution is -2.03. The van der Waals surface area contributed by atoms with Gasteiger partial charge in [0.1, 0.15) is 0 Å². The molecule has 0 rings (SSSR count). The molecule has 2 atom stereocenters. The van der Waals surface area contributed by atoms with Crippen molar-refractivity contribution in [2.45, 2.75) is 20.0 Å². The Labute approximate surface area is 81.2 Å². The normalized spacial score (nSPS) is 19.5. The maximum Gasteiger partial charge on any atom is 0.481 e. The lowest BCUT2D eigenvalue weighted by molar-refractivity contribution is 0.159. The molecule has 14 heavy (non-hydrogen) atoms. The first-order valence-corrected chi connectivity index (χ1v) is 6.60. The highest BCUT2D eigenvalue weighted by atomic mass is 31.3. The van der Waals surface area contributed by atoms with Crippen LogP contribution >= 0.6 is 15.6 Å². The van der Waals surface area contributed by atoms with E-state index in [0.29, 0.717) is 0 Å². The topological polar surface area (TPSA) is 113 Å². The summed E-state index contributed by atoms with van der Waals surface area (Å²) < 4.78 is 29.1. The van der Waals surface area contributed by atoms with Crippen LogP contribution < -0.4 is 0 Å². The third-order valence-corrected chi connectivity index (χ3v) is 3.25. The Kier molecular flexibility index (Phi) is 5.19. The zero-order valence-corrected chi connectivity index (χ0v) is 9.39. The Morgan fingerprint density at radius 2 is 1.79 bits per heavy atom. The molecule has 0 saturated heterocycles. The van der Waals surface area contributed by atoms with E-state index in [2.05, 4.69) is 8.83 Å². The highest BCUT2D eigenvalue weighted by molar-refractivity contribution is 7.60. The molecule has 0 bridgehead atoms. The van der Waals surface area contributed by atoms with Crippen molar-refractivity contribution < 1.29 is 32.6 Å². The number of phosphoric acid groups is 2. The summed E-state index contributed by atoms with van der Waals surface area (Å²) in [5, 5.41) is 0. The van der Waals surface area contributed by atoms with E-state index in [1.165, 1.54) is 13.0 Å². The van der Waals surface area contributed by atoms with Gasteiger partial charge in [-0.15, -0.1) is 0 Å². The Morgan fingerprint density at radius 1 is 1.29 bits per heavy atom. The van der Waals surface area contributed by atoms with Gasteiger partial charge in [0.25, 0.3) is 0 Å². The lowest BCUT2D eigenvalue weighted by Gasteiger charge is -2.14. The van der Waals surface area contributed by atoms with Crippen molar-refractivity contribution >= 4 is 15.6 Å². The number of allylic oxidation sites excluding steroid dienone is 1. The van der Waals surface area contributed by atoms with Crippen LogP contribution in [-0.2, 0) is 18.0 Å². The Balaban J connectivity index is 4.35. The third-order valence-electron chi connectivity index (χ3n) is 0.972. The van der Waals surface area contributed by atoms with Gasteiger partial charge in [-0.25, -0.2) is 9.13 Å². The average Bonchev–Trinajstić information content (AvgIpc) is 1.78. The molecule has 0 fully saturated rings. The standard InChI is InChI=1S/C5H12O7P2/c1-3-4-5(2)11-14(9,10)12-13(6,7)8/h3-5H,1-2H3,(H,9,10)(H2,6,7,8). The largest absolute Gasteiger partial charge is 0.481 e. The first-order chi connectivity index (χ1) is 6.16. The van der Waals surface area contributed by atoms with Crippen molar-refractivity contribution in [3.63, 3.8) is 0 Å². The molecule has 0 aromatic rings. The molecule has 0 heterocycles. The van der Waals surface area contributed by atoms with E-state index < -0.39 is 21.7 Å². The van der Waals surface area contributed by atoms with E-state index in [9.17, 15) is 9.13 Å². The predicted molar refractivity (Wildman–Crippen MR) is 48.3 cm³/mol. The summed E-state index contributed by atoms with van der Waals surface area (Å²) in [4.78, 5) is 25.3. The highest BCUT2D eigenvalue weighted by Crippen LogP contribution is 2.58. The molecule has 0 radical (unpaired) electrons. The Morgan fingerprint density at radius 3 is 2.14 bits per heavy atom. The molecule has 9 heteroatoms. The molecule has 3 N–H and O–H groups in total. The maximum atomic E-state index is 10.9. The molecule has 0 aliphatic rings. The number of rotatable bonds is 5. The minimum atomic E-state index is -5.02. The van der Waals surface area contributed by atoms with Gasteiger partial charge in [-0.2, -0.15) is 4.31 Å². The second-order valence-corrected chi connectivity index (χ2v) is 5.16. The van der Waals surface area contributed by atoms with Crippen LogP contribution in [0.4, 0.5) is 0 Å².